The fourth-order valence-electron chi connectivity index (χ4n) is 10.8. The third kappa shape index (κ3) is 11.0. The first kappa shape index (κ1) is 54.7. The lowest BCUT2D eigenvalue weighted by Crippen LogP contribution is -2.71. The van der Waals surface area contributed by atoms with Crippen LogP contribution in [0.2, 0.25) is 0 Å². The number of β-lactam (4-membered cyclic amide) rings is 1. The van der Waals surface area contributed by atoms with Crippen LogP contribution in [0.4, 0.5) is 9.52 Å². The number of anilines is 1. The number of carbonyl (C=O) groups is 3. The zero-order valence-electron chi connectivity index (χ0n) is 45.1. The number of nitrogens with one attached hydrogen (secondary N) is 2. The van der Waals surface area contributed by atoms with E-state index in [0.717, 1.165) is 44.5 Å². The summed E-state index contributed by atoms with van der Waals surface area (Å²) >= 11 is 2.65. The van der Waals surface area contributed by atoms with Crippen LogP contribution in [0.1, 0.15) is 56.3 Å². The summed E-state index contributed by atoms with van der Waals surface area (Å²) < 4.78 is 26.5. The Hall–Kier alpha value is -9.89. The van der Waals surface area contributed by atoms with Gasteiger partial charge in [0.25, 0.3) is 11.8 Å². The predicted molar refractivity (Wildman–Crippen MR) is 327 cm³/mol. The molecular weight excluding hydrogens is 1090 g/mol. The number of thiazole rings is 1. The van der Waals surface area contributed by atoms with Gasteiger partial charge in [-0.15, -0.1) is 23.1 Å². The van der Waals surface area contributed by atoms with Crippen molar-refractivity contribution < 1.29 is 33.1 Å². The highest BCUT2D eigenvalue weighted by molar-refractivity contribution is 8.00. The molecule has 2 atom stereocenters. The van der Waals surface area contributed by atoms with Crippen LogP contribution in [0.3, 0.4) is 0 Å². The number of hydrogen-bond donors (Lipinski definition) is 2. The van der Waals surface area contributed by atoms with Crippen molar-refractivity contribution in [2.75, 3.05) is 17.7 Å². The van der Waals surface area contributed by atoms with Gasteiger partial charge in [0.15, 0.2) is 16.9 Å². The maximum absolute atomic E-state index is 15.6. The van der Waals surface area contributed by atoms with Crippen LogP contribution in [-0.2, 0) is 35.1 Å². The summed E-state index contributed by atoms with van der Waals surface area (Å²) in [5.41, 5.74) is 4.56. The van der Waals surface area contributed by atoms with Crippen molar-refractivity contribution in [1.82, 2.24) is 15.2 Å². The molecule has 2 aliphatic rings. The molecule has 3 heterocycles. The number of carbonyl (C=O) groups excluding carboxylic acids is 3. The van der Waals surface area contributed by atoms with Gasteiger partial charge < -0.3 is 24.9 Å². The molecule has 9 aromatic carbocycles. The lowest BCUT2D eigenvalue weighted by Gasteiger charge is -2.49. The maximum Gasteiger partial charge on any atom is 0.356 e. The Kier molecular flexibility index (Phi) is 16.1. The van der Waals surface area contributed by atoms with Gasteiger partial charge in [-0.3, -0.25) is 14.5 Å². The normalized spacial score (nSPS) is 15.1. The molecule has 0 aliphatic carbocycles. The number of halogens is 1. The molecule has 1 unspecified atom stereocenters. The van der Waals surface area contributed by atoms with E-state index in [1.54, 1.807) is 5.38 Å². The molecule has 1 fully saturated rings. The van der Waals surface area contributed by atoms with Crippen LogP contribution >= 0.6 is 23.1 Å². The highest BCUT2D eigenvalue weighted by Gasteiger charge is 2.55. The lowest BCUT2D eigenvalue weighted by atomic mass is 9.77. The van der Waals surface area contributed by atoms with Gasteiger partial charge in [-0.2, -0.15) is 0 Å². The molecule has 12 rings (SSSR count). The van der Waals surface area contributed by atoms with E-state index < -0.39 is 52.3 Å². The second kappa shape index (κ2) is 24.7. The molecule has 0 spiro atoms. The first-order chi connectivity index (χ1) is 41.3. The van der Waals surface area contributed by atoms with Crippen LogP contribution < -0.4 is 15.4 Å². The van der Waals surface area contributed by atoms with Gasteiger partial charge in [0.05, 0.1) is 0 Å². The summed E-state index contributed by atoms with van der Waals surface area (Å²) in [5.74, 6) is -1.91. The molecule has 0 bridgehead atoms. The van der Waals surface area contributed by atoms with Crippen molar-refractivity contribution >= 4 is 51.7 Å². The van der Waals surface area contributed by atoms with Gasteiger partial charge in [0, 0.05) is 33.4 Å². The third-order valence-corrected chi connectivity index (χ3v) is 17.0. The van der Waals surface area contributed by atoms with E-state index in [-0.39, 0.29) is 29.5 Å². The summed E-state index contributed by atoms with van der Waals surface area (Å²) in [5, 5.41) is 13.2. The molecule has 2 N–H and O–H groups in total. The number of esters is 1. The molecular formula is C70H54FN5O6S2. The molecule has 14 heteroatoms. The van der Waals surface area contributed by atoms with Crippen molar-refractivity contribution in [2.45, 2.75) is 28.7 Å². The zero-order chi connectivity index (χ0) is 57.3. The number of rotatable bonds is 20. The SMILES string of the molecule is O=C(NC1C(=O)N2C(C(=O)OC(c3ccccc3)c3ccccc3)=C(COc3ccc(F)cc3)CS[C@@H]12)C(=NOC(c1ccccc1)(c1ccccc1)c1ccccc1)c1csc(NC(c2ccccc2)(c2ccccc2)c2ccccc2)n1. The van der Waals surface area contributed by atoms with E-state index >= 15 is 9.59 Å². The molecule has 0 radical (unpaired) electrons. The van der Waals surface area contributed by atoms with Gasteiger partial charge in [-0.25, -0.2) is 14.2 Å². The molecule has 1 saturated heterocycles. The average Bonchev–Trinajstić information content (AvgIpc) is 1.38. The fraction of sp³-hybridized carbons (Fsp3) is 0.100. The quantitative estimate of drug-likeness (QED) is 0.0252. The number of aromatic nitrogens is 1. The lowest BCUT2D eigenvalue weighted by molar-refractivity contribution is -0.154. The van der Waals surface area contributed by atoms with E-state index in [1.165, 1.54) is 52.3 Å². The van der Waals surface area contributed by atoms with Crippen molar-refractivity contribution in [2.24, 2.45) is 5.16 Å². The van der Waals surface area contributed by atoms with Crippen LogP contribution in [0.5, 0.6) is 5.75 Å². The van der Waals surface area contributed by atoms with Crippen molar-refractivity contribution in [3.05, 3.63) is 340 Å². The Morgan fingerprint density at radius 1 is 0.607 bits per heavy atom. The van der Waals surface area contributed by atoms with Gasteiger partial charge in [-0.05, 0) is 52.1 Å². The Morgan fingerprint density at radius 3 is 1.51 bits per heavy atom. The largest absolute Gasteiger partial charge is 0.489 e. The van der Waals surface area contributed by atoms with Crippen molar-refractivity contribution in [1.29, 1.82) is 0 Å². The number of nitrogens with zero attached hydrogens (tertiary/aromatic N) is 3. The first-order valence-corrected chi connectivity index (χ1v) is 29.2. The smallest absolute Gasteiger partial charge is 0.356 e. The summed E-state index contributed by atoms with van der Waals surface area (Å²) in [6.45, 7) is -0.113. The van der Waals surface area contributed by atoms with Crippen LogP contribution in [0, 0.1) is 5.82 Å². The molecule has 11 nitrogen and oxygen atoms in total. The summed E-state index contributed by atoms with van der Waals surface area (Å²) in [6, 6.07) is 82.5. The predicted octanol–water partition coefficient (Wildman–Crippen LogP) is 13.5. The third-order valence-electron chi connectivity index (χ3n) is 14.9. The van der Waals surface area contributed by atoms with Crippen LogP contribution in [-0.4, -0.2) is 57.2 Å². The van der Waals surface area contributed by atoms with Gasteiger partial charge in [0.2, 0.25) is 5.60 Å². The Morgan fingerprint density at radius 2 is 1.05 bits per heavy atom. The minimum atomic E-state index is -1.40. The van der Waals surface area contributed by atoms with Gasteiger partial charge in [-0.1, -0.05) is 248 Å². The second-order valence-corrected chi connectivity index (χ2v) is 21.9. The van der Waals surface area contributed by atoms with E-state index in [0.29, 0.717) is 16.5 Å². The monoisotopic (exact) mass is 1140 g/mol. The summed E-state index contributed by atoms with van der Waals surface area (Å²) in [6.07, 6.45) is -0.837. The molecule has 2 aliphatic heterocycles. The maximum atomic E-state index is 15.6. The number of amides is 2. The van der Waals surface area contributed by atoms with Gasteiger partial charge >= 0.3 is 5.97 Å². The van der Waals surface area contributed by atoms with Crippen LogP contribution in [0.25, 0.3) is 0 Å². The zero-order valence-corrected chi connectivity index (χ0v) is 46.7. The minimum absolute atomic E-state index is 0.00207. The standard InChI is InChI=1S/C70H54FN5O6S2/c71-57-41-43-58(44-42-57)80-45-50-46-83-66-61(65(78)76(66)62(50)67(79)81-63(48-25-9-1-10-26-48)49-27-11-2-12-28-49)73-64(77)60(75-82-70(54-35-19-6-20-36-54,55-37-21-7-22-38-55)56-39-23-8-24-40-56)59-47-84-68(72-59)74-69(51-29-13-3-14-30-51,52-31-15-4-16-32-52)53-33-17-5-18-34-53/h1-44,47,61,63,66H,45-46H2,(H,72,74)(H,73,77)/t61?,66-/m0/s1. The van der Waals surface area contributed by atoms with E-state index in [2.05, 4.69) is 47.0 Å². The fourth-order valence-corrected chi connectivity index (χ4v) is 12.9. The van der Waals surface area contributed by atoms with Crippen molar-refractivity contribution in [3.63, 3.8) is 0 Å². The first-order valence-electron chi connectivity index (χ1n) is 27.3. The topological polar surface area (TPSA) is 131 Å². The highest BCUT2D eigenvalue weighted by atomic mass is 32.2. The number of benzene rings is 9. The van der Waals surface area contributed by atoms with E-state index in [9.17, 15) is 9.18 Å². The molecule has 414 valence electrons. The Labute approximate surface area is 494 Å². The summed E-state index contributed by atoms with van der Waals surface area (Å²) in [4.78, 5) is 59.1. The van der Waals surface area contributed by atoms with E-state index in [1.807, 2.05) is 206 Å². The number of thioether (sulfide) groups is 1. The Balaban J connectivity index is 0.933. The molecule has 0 saturated carbocycles. The molecule has 2 amide bonds. The highest BCUT2D eigenvalue weighted by Crippen LogP contribution is 2.45. The second-order valence-electron chi connectivity index (χ2n) is 20.0. The minimum Gasteiger partial charge on any atom is -0.489 e. The molecule has 1 aromatic heterocycles. The average molecular weight is 1140 g/mol. The van der Waals surface area contributed by atoms with Gasteiger partial charge in [0.1, 0.15) is 46.5 Å². The Bertz CT molecular complexity index is 3710. The number of oxime groups is 1. The number of ether oxygens (including phenoxy) is 2. The number of fused-ring (bicyclic) bond motifs is 1. The summed E-state index contributed by atoms with van der Waals surface area (Å²) in [7, 11) is 0. The molecule has 84 heavy (non-hydrogen) atoms. The molecule has 10 aromatic rings. The van der Waals surface area contributed by atoms with Crippen molar-refractivity contribution in [3.8, 4) is 5.75 Å². The van der Waals surface area contributed by atoms with Crippen LogP contribution in [0.15, 0.2) is 289 Å². The van der Waals surface area contributed by atoms with E-state index in [4.69, 9.17) is 24.5 Å². The number of hydrogen-bond acceptors (Lipinski definition) is 11.